The Kier molecular flexibility index (Phi) is 3.50. The smallest absolute Gasteiger partial charge is 0.175 e. The Bertz CT molecular complexity index is 334. The van der Waals surface area contributed by atoms with Crippen molar-refractivity contribution >= 4 is 0 Å². The van der Waals surface area contributed by atoms with E-state index < -0.39 is 0 Å². The molecule has 0 saturated heterocycles. The third kappa shape index (κ3) is 2.99. The van der Waals surface area contributed by atoms with E-state index in [2.05, 4.69) is 20.7 Å². The van der Waals surface area contributed by atoms with Crippen LogP contribution in [0, 0.1) is 5.41 Å². The van der Waals surface area contributed by atoms with Gasteiger partial charge in [0.05, 0.1) is 13.7 Å². The van der Waals surface area contributed by atoms with Crippen LogP contribution < -0.4 is 5.32 Å². The third-order valence-corrected chi connectivity index (χ3v) is 3.02. The van der Waals surface area contributed by atoms with Gasteiger partial charge in [-0.15, -0.1) is 10.2 Å². The van der Waals surface area contributed by atoms with Gasteiger partial charge in [0.1, 0.15) is 0 Å². The van der Waals surface area contributed by atoms with Crippen LogP contribution in [0.1, 0.15) is 18.7 Å². The minimum absolute atomic E-state index is 0.372. The summed E-state index contributed by atoms with van der Waals surface area (Å²) in [6, 6.07) is 0. The Morgan fingerprint density at radius 3 is 2.88 bits per heavy atom. The average molecular weight is 225 g/mol. The fourth-order valence-electron chi connectivity index (χ4n) is 1.85. The van der Waals surface area contributed by atoms with Gasteiger partial charge in [0.2, 0.25) is 0 Å². The van der Waals surface area contributed by atoms with Gasteiger partial charge in [-0.1, -0.05) is 0 Å². The summed E-state index contributed by atoms with van der Waals surface area (Å²) in [6.45, 7) is 2.69. The number of aromatic nitrogens is 4. The lowest BCUT2D eigenvalue weighted by Gasteiger charge is -2.13. The van der Waals surface area contributed by atoms with E-state index in [4.69, 9.17) is 4.74 Å². The summed E-state index contributed by atoms with van der Waals surface area (Å²) in [4.78, 5) is 1.52. The quantitative estimate of drug-likeness (QED) is 0.649. The summed E-state index contributed by atoms with van der Waals surface area (Å²) in [6.07, 6.45) is 3.44. The first-order chi connectivity index (χ1) is 7.74. The van der Waals surface area contributed by atoms with E-state index in [9.17, 15) is 0 Å². The SMILES string of the molecule is COCCNCC1(Cc2nnn(C)n2)CC1. The number of methoxy groups -OCH3 is 1. The number of hydrogen-bond donors (Lipinski definition) is 1. The van der Waals surface area contributed by atoms with Crippen LogP contribution in [0.15, 0.2) is 0 Å². The van der Waals surface area contributed by atoms with Crippen LogP contribution in [0.4, 0.5) is 0 Å². The van der Waals surface area contributed by atoms with E-state index in [-0.39, 0.29) is 0 Å². The number of hydrogen-bond acceptors (Lipinski definition) is 5. The van der Waals surface area contributed by atoms with Crippen molar-refractivity contribution in [2.45, 2.75) is 19.3 Å². The molecule has 1 fully saturated rings. The average Bonchev–Trinajstić information content (AvgIpc) is 2.90. The first kappa shape index (κ1) is 11.5. The number of tetrazole rings is 1. The molecule has 2 rings (SSSR count). The molecule has 1 saturated carbocycles. The van der Waals surface area contributed by atoms with Gasteiger partial charge in [-0.05, 0) is 23.5 Å². The zero-order valence-electron chi connectivity index (χ0n) is 9.94. The van der Waals surface area contributed by atoms with Gasteiger partial charge in [0.25, 0.3) is 0 Å². The van der Waals surface area contributed by atoms with Crippen LogP contribution in [-0.2, 0) is 18.2 Å². The largest absolute Gasteiger partial charge is 0.383 e. The maximum absolute atomic E-state index is 5.00. The monoisotopic (exact) mass is 225 g/mol. The van der Waals surface area contributed by atoms with Crippen molar-refractivity contribution in [3.8, 4) is 0 Å². The van der Waals surface area contributed by atoms with Crippen molar-refractivity contribution in [3.05, 3.63) is 5.82 Å². The molecule has 16 heavy (non-hydrogen) atoms. The number of ether oxygens (including phenoxy) is 1. The lowest BCUT2D eigenvalue weighted by atomic mass is 10.0. The molecule has 0 spiro atoms. The van der Waals surface area contributed by atoms with E-state index in [1.54, 1.807) is 14.2 Å². The van der Waals surface area contributed by atoms with Crippen molar-refractivity contribution < 1.29 is 4.74 Å². The Morgan fingerprint density at radius 2 is 2.31 bits per heavy atom. The minimum atomic E-state index is 0.372. The molecule has 0 unspecified atom stereocenters. The van der Waals surface area contributed by atoms with Crippen molar-refractivity contribution in [2.24, 2.45) is 12.5 Å². The normalized spacial score (nSPS) is 17.6. The van der Waals surface area contributed by atoms with Gasteiger partial charge in [-0.2, -0.15) is 4.80 Å². The van der Waals surface area contributed by atoms with Gasteiger partial charge in [0, 0.05) is 26.6 Å². The second-order valence-corrected chi connectivity index (χ2v) is 4.54. The van der Waals surface area contributed by atoms with Crippen LogP contribution in [0.25, 0.3) is 0 Å². The van der Waals surface area contributed by atoms with Crippen LogP contribution in [-0.4, -0.2) is 47.0 Å². The topological polar surface area (TPSA) is 64.9 Å². The molecule has 0 radical (unpaired) electrons. The van der Waals surface area contributed by atoms with Gasteiger partial charge in [-0.25, -0.2) is 0 Å². The summed E-state index contributed by atoms with van der Waals surface area (Å²) in [7, 11) is 3.52. The van der Waals surface area contributed by atoms with Crippen LogP contribution >= 0.6 is 0 Å². The molecule has 1 aliphatic rings. The fraction of sp³-hybridized carbons (Fsp3) is 0.900. The van der Waals surface area contributed by atoms with E-state index in [1.807, 2.05) is 0 Å². The van der Waals surface area contributed by atoms with E-state index >= 15 is 0 Å². The molecular formula is C10H19N5O. The van der Waals surface area contributed by atoms with E-state index in [1.165, 1.54) is 17.6 Å². The van der Waals surface area contributed by atoms with Crippen molar-refractivity contribution in [1.29, 1.82) is 0 Å². The van der Waals surface area contributed by atoms with E-state index in [0.717, 1.165) is 31.9 Å². The second kappa shape index (κ2) is 4.88. The second-order valence-electron chi connectivity index (χ2n) is 4.54. The predicted octanol–water partition coefficient (Wildman–Crippen LogP) is -0.231. The number of rotatable bonds is 7. The van der Waals surface area contributed by atoms with Gasteiger partial charge in [0.15, 0.2) is 5.82 Å². The van der Waals surface area contributed by atoms with Gasteiger partial charge in [-0.3, -0.25) is 0 Å². The summed E-state index contributed by atoms with van der Waals surface area (Å²) in [5, 5.41) is 15.5. The molecule has 1 N–H and O–H groups in total. The molecule has 0 atom stereocenters. The maximum Gasteiger partial charge on any atom is 0.175 e. The Balaban J connectivity index is 1.75. The molecule has 1 aromatic rings. The van der Waals surface area contributed by atoms with Crippen molar-refractivity contribution in [2.75, 3.05) is 26.8 Å². The molecular weight excluding hydrogens is 206 g/mol. The Hall–Kier alpha value is -1.01. The van der Waals surface area contributed by atoms with Crippen LogP contribution in [0.5, 0.6) is 0 Å². The van der Waals surface area contributed by atoms with Crippen molar-refractivity contribution in [3.63, 3.8) is 0 Å². The maximum atomic E-state index is 5.00. The lowest BCUT2D eigenvalue weighted by molar-refractivity contribution is 0.197. The summed E-state index contributed by atoms with van der Waals surface area (Å²) < 4.78 is 5.00. The summed E-state index contributed by atoms with van der Waals surface area (Å²) >= 11 is 0. The molecule has 0 amide bonds. The Morgan fingerprint density at radius 1 is 1.50 bits per heavy atom. The van der Waals surface area contributed by atoms with Crippen LogP contribution in [0.3, 0.4) is 0 Å². The fourth-order valence-corrected chi connectivity index (χ4v) is 1.85. The third-order valence-electron chi connectivity index (χ3n) is 3.02. The molecule has 0 aliphatic heterocycles. The summed E-state index contributed by atoms with van der Waals surface area (Å²) in [5.41, 5.74) is 0.372. The highest BCUT2D eigenvalue weighted by Gasteiger charge is 2.43. The minimum Gasteiger partial charge on any atom is -0.383 e. The van der Waals surface area contributed by atoms with Crippen molar-refractivity contribution in [1.82, 2.24) is 25.5 Å². The lowest BCUT2D eigenvalue weighted by Crippen LogP contribution is -2.28. The first-order valence-corrected chi connectivity index (χ1v) is 5.67. The first-order valence-electron chi connectivity index (χ1n) is 5.67. The standard InChI is InChI=1S/C10H19N5O/c1-15-13-9(12-14-15)7-10(3-4-10)8-11-5-6-16-2/h11H,3-8H2,1-2H3. The number of nitrogens with zero attached hydrogens (tertiary/aromatic N) is 4. The van der Waals surface area contributed by atoms with Crippen LogP contribution in [0.2, 0.25) is 0 Å². The van der Waals surface area contributed by atoms with E-state index in [0.29, 0.717) is 5.41 Å². The molecule has 6 nitrogen and oxygen atoms in total. The molecule has 90 valence electrons. The highest BCUT2D eigenvalue weighted by molar-refractivity contribution is 5.01. The molecule has 1 aliphatic carbocycles. The highest BCUT2D eigenvalue weighted by atomic mass is 16.5. The zero-order chi connectivity index (χ0) is 11.4. The molecule has 1 aromatic heterocycles. The molecule has 6 heteroatoms. The molecule has 0 aromatic carbocycles. The Labute approximate surface area is 95.4 Å². The predicted molar refractivity (Wildman–Crippen MR) is 58.9 cm³/mol. The van der Waals surface area contributed by atoms with Gasteiger partial charge >= 0.3 is 0 Å². The zero-order valence-corrected chi connectivity index (χ0v) is 9.94. The number of aryl methyl sites for hydroxylation is 1. The molecule has 0 bridgehead atoms. The summed E-state index contributed by atoms with van der Waals surface area (Å²) in [5.74, 6) is 0.855. The highest BCUT2D eigenvalue weighted by Crippen LogP contribution is 2.47. The number of nitrogens with one attached hydrogen (secondary N) is 1. The van der Waals surface area contributed by atoms with Gasteiger partial charge < -0.3 is 10.1 Å². The molecule has 1 heterocycles.